The minimum absolute atomic E-state index is 0.127. The van der Waals surface area contributed by atoms with Gasteiger partial charge in [0, 0.05) is 18.0 Å². The molecule has 2 heterocycles. The lowest BCUT2D eigenvalue weighted by Crippen LogP contribution is -2.57. The van der Waals surface area contributed by atoms with Crippen LogP contribution >= 0.6 is 11.3 Å². The van der Waals surface area contributed by atoms with E-state index in [1.54, 1.807) is 6.07 Å². The average Bonchev–Trinajstić information content (AvgIpc) is 2.86. The lowest BCUT2D eigenvalue weighted by molar-refractivity contribution is -0.145. The van der Waals surface area contributed by atoms with Gasteiger partial charge in [0.2, 0.25) is 5.91 Å². The highest BCUT2D eigenvalue weighted by molar-refractivity contribution is 7.13. The summed E-state index contributed by atoms with van der Waals surface area (Å²) < 4.78 is 4.58. The van der Waals surface area contributed by atoms with E-state index in [0.717, 1.165) is 4.88 Å². The third kappa shape index (κ3) is 2.98. The maximum absolute atomic E-state index is 12.4. The molecule has 1 saturated heterocycles. The van der Waals surface area contributed by atoms with Crippen LogP contribution in [0.15, 0.2) is 12.1 Å². The number of piperazine rings is 1. The molecule has 0 bridgehead atoms. The molecular formula is C13H16N2O4S. The number of methoxy groups -OCH3 is 1. The van der Waals surface area contributed by atoms with E-state index in [0.29, 0.717) is 18.0 Å². The Morgan fingerprint density at radius 1 is 1.50 bits per heavy atom. The number of carbonyl (C=O) groups is 3. The predicted molar refractivity (Wildman–Crippen MR) is 73.5 cm³/mol. The minimum atomic E-state index is -0.800. The first-order valence-corrected chi connectivity index (χ1v) is 7.06. The number of hydrogen-bond acceptors (Lipinski definition) is 5. The summed E-state index contributed by atoms with van der Waals surface area (Å²) in [6, 6.07) is 2.80. The van der Waals surface area contributed by atoms with Gasteiger partial charge in [0.25, 0.3) is 5.91 Å². The molecule has 2 amide bonds. The van der Waals surface area contributed by atoms with Crippen molar-refractivity contribution in [2.24, 2.45) is 0 Å². The van der Waals surface area contributed by atoms with Crippen LogP contribution in [-0.4, -0.2) is 48.9 Å². The van der Waals surface area contributed by atoms with Crippen molar-refractivity contribution in [3.05, 3.63) is 21.9 Å². The Kier molecular flexibility index (Phi) is 4.39. The zero-order valence-electron chi connectivity index (χ0n) is 11.3. The van der Waals surface area contributed by atoms with Crippen LogP contribution in [0, 0.1) is 6.92 Å². The van der Waals surface area contributed by atoms with E-state index in [4.69, 9.17) is 0 Å². The molecule has 108 valence electrons. The highest BCUT2D eigenvalue weighted by atomic mass is 32.1. The molecule has 0 aromatic carbocycles. The Morgan fingerprint density at radius 2 is 2.25 bits per heavy atom. The van der Waals surface area contributed by atoms with E-state index in [2.05, 4.69) is 10.1 Å². The molecule has 20 heavy (non-hydrogen) atoms. The summed E-state index contributed by atoms with van der Waals surface area (Å²) in [6.07, 6.45) is -0.127. The van der Waals surface area contributed by atoms with Crippen LogP contribution in [0.1, 0.15) is 21.0 Å². The number of aryl methyl sites for hydroxylation is 1. The fourth-order valence-electron chi connectivity index (χ4n) is 2.09. The average molecular weight is 296 g/mol. The number of carbonyl (C=O) groups excluding carboxylic acids is 3. The lowest BCUT2D eigenvalue weighted by atomic mass is 10.1. The van der Waals surface area contributed by atoms with E-state index in [1.807, 2.05) is 13.0 Å². The van der Waals surface area contributed by atoms with Crippen molar-refractivity contribution in [1.29, 1.82) is 0 Å². The van der Waals surface area contributed by atoms with Crippen molar-refractivity contribution in [2.75, 3.05) is 20.2 Å². The van der Waals surface area contributed by atoms with Crippen molar-refractivity contribution >= 4 is 29.1 Å². The third-order valence-corrected chi connectivity index (χ3v) is 4.12. The summed E-state index contributed by atoms with van der Waals surface area (Å²) in [5, 5.41) is 2.67. The zero-order chi connectivity index (χ0) is 14.7. The molecule has 0 aliphatic carbocycles. The Bertz CT molecular complexity index is 540. The van der Waals surface area contributed by atoms with Gasteiger partial charge in [-0.1, -0.05) is 0 Å². The zero-order valence-corrected chi connectivity index (χ0v) is 12.2. The van der Waals surface area contributed by atoms with Crippen LogP contribution in [0.3, 0.4) is 0 Å². The molecule has 2 rings (SSSR count). The van der Waals surface area contributed by atoms with E-state index in [1.165, 1.54) is 23.3 Å². The molecule has 7 heteroatoms. The number of nitrogens with one attached hydrogen (secondary N) is 1. The number of rotatable bonds is 3. The van der Waals surface area contributed by atoms with Crippen LogP contribution in [0.25, 0.3) is 0 Å². The number of hydrogen-bond donors (Lipinski definition) is 1. The summed E-state index contributed by atoms with van der Waals surface area (Å²) in [5.41, 5.74) is 0. The molecule has 0 spiro atoms. The van der Waals surface area contributed by atoms with E-state index in [9.17, 15) is 14.4 Å². The van der Waals surface area contributed by atoms with Crippen molar-refractivity contribution in [3.8, 4) is 0 Å². The van der Waals surface area contributed by atoms with Gasteiger partial charge in [-0.3, -0.25) is 14.4 Å². The first-order valence-electron chi connectivity index (χ1n) is 6.25. The fraction of sp³-hybridized carbons (Fsp3) is 0.462. The van der Waals surface area contributed by atoms with Gasteiger partial charge in [-0.05, 0) is 19.1 Å². The molecule has 1 unspecified atom stereocenters. The molecular weight excluding hydrogens is 280 g/mol. The highest BCUT2D eigenvalue weighted by Crippen LogP contribution is 2.20. The summed E-state index contributed by atoms with van der Waals surface area (Å²) >= 11 is 1.38. The van der Waals surface area contributed by atoms with Crippen LogP contribution in [0.2, 0.25) is 0 Å². The standard InChI is InChI=1S/C13H16N2O4S/c1-8-3-4-10(20-8)13(18)15-6-5-14-12(17)9(15)7-11(16)19-2/h3-4,9H,5-7H2,1-2H3,(H,14,17). The summed E-state index contributed by atoms with van der Waals surface area (Å²) in [6.45, 7) is 2.70. The van der Waals surface area contributed by atoms with Gasteiger partial charge in [0.15, 0.2) is 0 Å². The second kappa shape index (κ2) is 6.04. The predicted octanol–water partition coefficient (Wildman–Crippen LogP) is 0.560. The molecule has 1 aromatic rings. The lowest BCUT2D eigenvalue weighted by Gasteiger charge is -2.34. The number of nitrogens with zero attached hydrogens (tertiary/aromatic N) is 1. The number of amides is 2. The number of esters is 1. The van der Waals surface area contributed by atoms with Crippen molar-refractivity contribution in [3.63, 3.8) is 0 Å². The summed E-state index contributed by atoms with van der Waals surface area (Å²) in [7, 11) is 1.26. The van der Waals surface area contributed by atoms with Gasteiger partial charge in [-0.2, -0.15) is 0 Å². The highest BCUT2D eigenvalue weighted by Gasteiger charge is 2.35. The quantitative estimate of drug-likeness (QED) is 0.827. The SMILES string of the molecule is COC(=O)CC1C(=O)NCCN1C(=O)c1ccc(C)s1. The minimum Gasteiger partial charge on any atom is -0.469 e. The Labute approximate surface area is 120 Å². The second-order valence-electron chi connectivity index (χ2n) is 4.50. The number of thiophene rings is 1. The fourth-order valence-corrected chi connectivity index (χ4v) is 2.92. The summed E-state index contributed by atoms with van der Waals surface area (Å²) in [4.78, 5) is 38.8. The Balaban J connectivity index is 2.19. The van der Waals surface area contributed by atoms with E-state index < -0.39 is 12.0 Å². The monoisotopic (exact) mass is 296 g/mol. The van der Waals surface area contributed by atoms with E-state index in [-0.39, 0.29) is 18.2 Å². The van der Waals surface area contributed by atoms with Crippen molar-refractivity contribution < 1.29 is 19.1 Å². The maximum Gasteiger partial charge on any atom is 0.308 e. The second-order valence-corrected chi connectivity index (χ2v) is 5.78. The van der Waals surface area contributed by atoms with Crippen LogP contribution in [-0.2, 0) is 14.3 Å². The molecule has 1 N–H and O–H groups in total. The molecule has 0 radical (unpaired) electrons. The largest absolute Gasteiger partial charge is 0.469 e. The van der Waals surface area contributed by atoms with Gasteiger partial charge in [-0.25, -0.2) is 0 Å². The van der Waals surface area contributed by atoms with E-state index >= 15 is 0 Å². The topological polar surface area (TPSA) is 75.7 Å². The molecule has 1 aliphatic heterocycles. The van der Waals surface area contributed by atoms with Crippen molar-refractivity contribution in [2.45, 2.75) is 19.4 Å². The first-order chi connectivity index (χ1) is 9.52. The Hall–Kier alpha value is -1.89. The molecule has 6 nitrogen and oxygen atoms in total. The Morgan fingerprint density at radius 3 is 2.85 bits per heavy atom. The molecule has 1 aliphatic rings. The van der Waals surface area contributed by atoms with Gasteiger partial charge >= 0.3 is 5.97 Å². The van der Waals surface area contributed by atoms with Gasteiger partial charge in [-0.15, -0.1) is 11.3 Å². The van der Waals surface area contributed by atoms with Gasteiger partial charge < -0.3 is 15.0 Å². The number of ether oxygens (including phenoxy) is 1. The summed E-state index contributed by atoms with van der Waals surface area (Å²) in [5.74, 6) is -1.04. The first kappa shape index (κ1) is 14.5. The molecule has 1 aromatic heterocycles. The van der Waals surface area contributed by atoms with Crippen LogP contribution in [0.5, 0.6) is 0 Å². The maximum atomic E-state index is 12.4. The van der Waals surface area contributed by atoms with Crippen LogP contribution in [0.4, 0.5) is 0 Å². The van der Waals surface area contributed by atoms with Crippen LogP contribution < -0.4 is 5.32 Å². The van der Waals surface area contributed by atoms with Gasteiger partial charge in [0.05, 0.1) is 18.4 Å². The molecule has 1 fully saturated rings. The normalized spacial score (nSPS) is 18.6. The van der Waals surface area contributed by atoms with Crippen molar-refractivity contribution in [1.82, 2.24) is 10.2 Å². The van der Waals surface area contributed by atoms with Gasteiger partial charge in [0.1, 0.15) is 6.04 Å². The third-order valence-electron chi connectivity index (χ3n) is 3.13. The smallest absolute Gasteiger partial charge is 0.308 e. The molecule has 1 atom stereocenters. The molecule has 0 saturated carbocycles.